The van der Waals surface area contributed by atoms with Crippen molar-refractivity contribution >= 4 is 40.2 Å². The van der Waals surface area contributed by atoms with Crippen LogP contribution in [0, 0.1) is 0 Å². The van der Waals surface area contributed by atoms with Gasteiger partial charge in [-0.25, -0.2) is 13.3 Å². The van der Waals surface area contributed by atoms with Crippen LogP contribution in [-0.2, 0) is 16.7 Å². The maximum Gasteiger partial charge on any atom is 0.335 e. The number of anilines is 2. The summed E-state index contributed by atoms with van der Waals surface area (Å²) in [5, 5.41) is 19.2. The molecule has 0 fully saturated rings. The number of rotatable bonds is 10. The zero-order valence-corrected chi connectivity index (χ0v) is 22.3. The number of carbonyl (C=O) groups is 1. The van der Waals surface area contributed by atoms with E-state index in [1.54, 1.807) is 24.3 Å². The molecule has 1 unspecified atom stereocenters. The van der Waals surface area contributed by atoms with Gasteiger partial charge in [0.2, 0.25) is 0 Å². The number of carboxylic acid groups (broad SMARTS) is 1. The van der Waals surface area contributed by atoms with Crippen molar-refractivity contribution in [3.8, 4) is 23.0 Å². The Balaban J connectivity index is 2.27. The summed E-state index contributed by atoms with van der Waals surface area (Å²) in [5.41, 5.74) is 0.829. The molecule has 37 heavy (non-hydrogen) atoms. The van der Waals surface area contributed by atoms with Gasteiger partial charge in [-0.05, 0) is 47.4 Å². The quantitative estimate of drug-likeness (QED) is 0.272. The monoisotopic (exact) mass is 549 g/mol. The van der Waals surface area contributed by atoms with Gasteiger partial charge < -0.3 is 24.4 Å². The van der Waals surface area contributed by atoms with Crippen LogP contribution in [0.4, 0.5) is 11.4 Å². The Kier molecular flexibility index (Phi) is 9.03. The van der Waals surface area contributed by atoms with Gasteiger partial charge in [-0.2, -0.15) is 0 Å². The number of aliphatic hydroxyl groups is 1. The molecule has 1 atom stereocenters. The third kappa shape index (κ3) is 6.72. The van der Waals surface area contributed by atoms with Crippen LogP contribution >= 0.6 is 11.6 Å². The summed E-state index contributed by atoms with van der Waals surface area (Å²) in [5.74, 6) is -0.902. The minimum Gasteiger partial charge on any atom is -0.497 e. The fourth-order valence-corrected chi connectivity index (χ4v) is 4.20. The van der Waals surface area contributed by atoms with Crippen molar-refractivity contribution in [2.75, 3.05) is 24.6 Å². The van der Waals surface area contributed by atoms with Gasteiger partial charge in [-0.15, -0.1) is 0 Å². The number of aliphatic hydroxyl groups excluding tert-OH is 1. The minimum atomic E-state index is -2.65. The van der Waals surface area contributed by atoms with Crippen LogP contribution in [0.3, 0.4) is 0 Å². The normalized spacial score (nSPS) is 12.1. The minimum absolute atomic E-state index is 0.0731. The van der Waals surface area contributed by atoms with Crippen molar-refractivity contribution in [1.29, 1.82) is 0 Å². The number of hydrogen-bond acceptors (Lipinski definition) is 6. The number of hydrogen-bond donors (Lipinski definition) is 3. The molecule has 0 saturated carbocycles. The molecule has 0 aliphatic rings. The molecule has 0 saturated heterocycles. The van der Waals surface area contributed by atoms with Gasteiger partial charge in [0.15, 0.2) is 11.5 Å². The Bertz CT molecular complexity index is 1290. The standard InChI is InChI=1S/C26H28ClNO8S/c1-26(2,3)17-5-7-18(8-6-17)28(37(32)33)21-13-16(25(30)31)14-23(35-12-11-29)24(21)36-22-15-19(34-4)9-10-20(22)27/h5-10,13-15,29H,11-12H2,1-4H3,(H,30,31)(H,32,33). The van der Waals surface area contributed by atoms with E-state index in [9.17, 15) is 23.8 Å². The predicted molar refractivity (Wildman–Crippen MR) is 142 cm³/mol. The molecule has 3 N–H and O–H groups in total. The maximum absolute atomic E-state index is 12.7. The van der Waals surface area contributed by atoms with E-state index in [0.717, 1.165) is 9.87 Å². The molecule has 11 heteroatoms. The largest absolute Gasteiger partial charge is 0.497 e. The van der Waals surface area contributed by atoms with E-state index in [4.69, 9.17) is 25.8 Å². The second-order valence-electron chi connectivity index (χ2n) is 8.92. The molecular weight excluding hydrogens is 522 g/mol. The fraction of sp³-hybridized carbons (Fsp3) is 0.269. The van der Waals surface area contributed by atoms with Crippen LogP contribution in [0.2, 0.25) is 5.02 Å². The lowest BCUT2D eigenvalue weighted by Crippen LogP contribution is -2.21. The van der Waals surface area contributed by atoms with Crippen LogP contribution < -0.4 is 18.5 Å². The first kappa shape index (κ1) is 28.3. The number of nitrogens with zero attached hydrogens (tertiary/aromatic N) is 1. The fourth-order valence-electron chi connectivity index (χ4n) is 3.44. The SMILES string of the molecule is COc1ccc(Cl)c(Oc2c(OCCO)cc(C(=O)O)cc2N(c2ccc(C(C)(C)C)cc2)S(=O)O)c1. The number of benzene rings is 3. The third-order valence-electron chi connectivity index (χ3n) is 5.32. The molecule has 0 heterocycles. The summed E-state index contributed by atoms with van der Waals surface area (Å²) in [6, 6.07) is 14.0. The molecule has 0 aliphatic heterocycles. The first-order valence-corrected chi connectivity index (χ1v) is 12.6. The van der Waals surface area contributed by atoms with Crippen molar-refractivity contribution in [2.45, 2.75) is 26.2 Å². The van der Waals surface area contributed by atoms with Crippen LogP contribution in [0.15, 0.2) is 54.6 Å². The highest BCUT2D eigenvalue weighted by atomic mass is 35.5. The molecule has 0 aliphatic carbocycles. The first-order valence-electron chi connectivity index (χ1n) is 11.1. The molecule has 0 radical (unpaired) electrons. The summed E-state index contributed by atoms with van der Waals surface area (Å²) >= 11 is 3.68. The smallest absolute Gasteiger partial charge is 0.335 e. The third-order valence-corrected chi connectivity index (χ3v) is 6.36. The lowest BCUT2D eigenvalue weighted by molar-refractivity contribution is 0.0696. The second kappa shape index (κ2) is 11.8. The van der Waals surface area contributed by atoms with Crippen molar-refractivity contribution < 1.29 is 38.0 Å². The van der Waals surface area contributed by atoms with E-state index in [0.29, 0.717) is 11.4 Å². The van der Waals surface area contributed by atoms with Gasteiger partial charge in [0, 0.05) is 6.07 Å². The van der Waals surface area contributed by atoms with Gasteiger partial charge in [-0.1, -0.05) is 44.5 Å². The lowest BCUT2D eigenvalue weighted by Gasteiger charge is -2.26. The summed E-state index contributed by atoms with van der Waals surface area (Å²) in [7, 11) is 1.47. The number of aromatic carboxylic acids is 1. The first-order chi connectivity index (χ1) is 17.5. The molecule has 3 aromatic carbocycles. The summed E-state index contributed by atoms with van der Waals surface area (Å²) < 4.78 is 40.9. The highest BCUT2D eigenvalue weighted by Gasteiger charge is 2.27. The predicted octanol–water partition coefficient (Wildman–Crippen LogP) is 5.78. The Morgan fingerprint density at radius 2 is 1.73 bits per heavy atom. The molecule has 0 amide bonds. The molecular formula is C26H28ClNO8S. The molecule has 3 aromatic rings. The Labute approximate surface area is 222 Å². The highest BCUT2D eigenvalue weighted by Crippen LogP contribution is 2.46. The van der Waals surface area contributed by atoms with Crippen molar-refractivity contribution in [3.05, 3.63) is 70.7 Å². The molecule has 198 valence electrons. The van der Waals surface area contributed by atoms with Gasteiger partial charge >= 0.3 is 5.97 Å². The van der Waals surface area contributed by atoms with Crippen molar-refractivity contribution in [2.24, 2.45) is 0 Å². The van der Waals surface area contributed by atoms with Crippen molar-refractivity contribution in [1.82, 2.24) is 0 Å². The summed E-state index contributed by atoms with van der Waals surface area (Å²) in [6.07, 6.45) is 0. The van der Waals surface area contributed by atoms with E-state index < -0.39 is 17.2 Å². The van der Waals surface area contributed by atoms with E-state index in [1.165, 1.54) is 25.3 Å². The Hall–Kier alpha value is -3.31. The van der Waals surface area contributed by atoms with Gasteiger partial charge in [0.1, 0.15) is 23.8 Å². The maximum atomic E-state index is 12.7. The topological polar surface area (TPSA) is 126 Å². The Morgan fingerprint density at radius 1 is 1.05 bits per heavy atom. The molecule has 0 spiro atoms. The number of ether oxygens (including phenoxy) is 3. The highest BCUT2D eigenvalue weighted by molar-refractivity contribution is 7.81. The average Bonchev–Trinajstić information content (AvgIpc) is 2.84. The number of carboxylic acids is 1. The molecule has 0 bridgehead atoms. The Morgan fingerprint density at radius 3 is 2.27 bits per heavy atom. The van der Waals surface area contributed by atoms with Gasteiger partial charge in [0.05, 0.1) is 30.0 Å². The van der Waals surface area contributed by atoms with Crippen molar-refractivity contribution in [3.63, 3.8) is 0 Å². The summed E-state index contributed by atoms with van der Waals surface area (Å²) in [4.78, 5) is 11.9. The number of halogens is 1. The number of methoxy groups -OCH3 is 1. The van der Waals surface area contributed by atoms with Crippen LogP contribution in [0.25, 0.3) is 0 Å². The molecule has 3 rings (SSSR count). The van der Waals surface area contributed by atoms with Crippen LogP contribution in [0.5, 0.6) is 23.0 Å². The molecule has 9 nitrogen and oxygen atoms in total. The zero-order chi connectivity index (χ0) is 27.3. The second-order valence-corrected chi connectivity index (χ2v) is 10.2. The van der Waals surface area contributed by atoms with E-state index >= 15 is 0 Å². The summed E-state index contributed by atoms with van der Waals surface area (Å²) in [6.45, 7) is 5.56. The van der Waals surface area contributed by atoms with E-state index in [1.807, 2.05) is 32.9 Å². The van der Waals surface area contributed by atoms with Gasteiger partial charge in [0.25, 0.3) is 11.3 Å². The van der Waals surface area contributed by atoms with E-state index in [-0.39, 0.29) is 52.2 Å². The van der Waals surface area contributed by atoms with Gasteiger partial charge in [-0.3, -0.25) is 4.55 Å². The van der Waals surface area contributed by atoms with E-state index in [2.05, 4.69) is 0 Å². The molecule has 0 aromatic heterocycles. The zero-order valence-electron chi connectivity index (χ0n) is 20.7. The van der Waals surface area contributed by atoms with Crippen LogP contribution in [-0.4, -0.2) is 45.3 Å². The van der Waals surface area contributed by atoms with Crippen LogP contribution in [0.1, 0.15) is 36.7 Å². The lowest BCUT2D eigenvalue weighted by atomic mass is 9.87. The average molecular weight is 550 g/mol.